The van der Waals surface area contributed by atoms with E-state index in [-0.39, 0.29) is 46.6 Å². The minimum Gasteiger partial charge on any atom is -0.457 e. The molecule has 0 N–H and O–H groups in total. The molecule has 8 nitrogen and oxygen atoms in total. The van der Waals surface area contributed by atoms with E-state index in [9.17, 15) is 46.3 Å². The Kier molecular flexibility index (Phi) is 9.99. The average molecular weight is 895 g/mol. The first kappa shape index (κ1) is 40.6. The standard InChI is InChI=1S/C50H26F4O8S2/c51-25-11-29-31(43(55)45(57)41(29)39(53)13-25)15-27-17-33-37(49(59)61-21-23-7-3-1-4-8-23)19-35-36(47(33)63-27)20-38(50(60)62-22-24-9-5-2-6-10-24)34-18-28(64-48(34)35)16-32-30-12-26(52)14-40(54)42(30)46(58)44(32)56/h1-20,35-36H,21-22H2/b31-15-,32-16-. The third kappa shape index (κ3) is 6.91. The van der Waals surface area contributed by atoms with Crippen LogP contribution in [0.15, 0.2) is 109 Å². The molecular formula is C50H26F4O8S2. The minimum atomic E-state index is -1.18. The zero-order valence-electron chi connectivity index (χ0n) is 32.7. The van der Waals surface area contributed by atoms with Gasteiger partial charge >= 0.3 is 11.9 Å². The molecule has 10 rings (SSSR count). The highest BCUT2D eigenvalue weighted by Crippen LogP contribution is 2.55. The van der Waals surface area contributed by atoms with Gasteiger partial charge in [-0.15, -0.1) is 22.7 Å². The maximum Gasteiger partial charge on any atom is 0.338 e. The van der Waals surface area contributed by atoms with Crippen molar-refractivity contribution in [2.24, 2.45) is 0 Å². The van der Waals surface area contributed by atoms with Crippen LogP contribution >= 0.6 is 22.7 Å². The van der Waals surface area contributed by atoms with Gasteiger partial charge in [-0.05, 0) is 47.5 Å². The van der Waals surface area contributed by atoms with Crippen LogP contribution in [-0.4, -0.2) is 35.1 Å². The number of hydrogen-bond acceptors (Lipinski definition) is 10. The normalized spacial score (nSPS) is 18.3. The van der Waals surface area contributed by atoms with Crippen molar-refractivity contribution >= 4 is 92.2 Å². The van der Waals surface area contributed by atoms with Crippen LogP contribution in [0.5, 0.6) is 0 Å². The van der Waals surface area contributed by atoms with Crippen molar-refractivity contribution in [2.75, 3.05) is 0 Å². The lowest BCUT2D eigenvalue weighted by atomic mass is 9.74. The summed E-state index contributed by atoms with van der Waals surface area (Å²) in [5.41, 5.74) is 0.432. The number of esters is 2. The van der Waals surface area contributed by atoms with E-state index in [4.69, 9.17) is 9.47 Å². The number of allylic oxidation sites excluding steroid dienone is 4. The average Bonchev–Trinajstić information content (AvgIpc) is 4.02. The summed E-state index contributed by atoms with van der Waals surface area (Å²) in [5.74, 6) is -11.4. The molecule has 0 aliphatic heterocycles. The Balaban J connectivity index is 1.12. The number of hydrogen-bond donors (Lipinski definition) is 0. The first-order valence-electron chi connectivity index (χ1n) is 19.6. The van der Waals surface area contributed by atoms with Crippen LogP contribution in [0.4, 0.5) is 17.6 Å². The molecule has 64 heavy (non-hydrogen) atoms. The number of carbonyl (C=O) groups is 6. The summed E-state index contributed by atoms with van der Waals surface area (Å²) in [6.07, 6.45) is 6.05. The highest BCUT2D eigenvalue weighted by atomic mass is 32.1. The Bertz CT molecular complexity index is 3010. The van der Waals surface area contributed by atoms with E-state index in [1.165, 1.54) is 12.2 Å². The van der Waals surface area contributed by atoms with E-state index < -0.39 is 81.3 Å². The molecule has 14 heteroatoms. The second-order valence-corrected chi connectivity index (χ2v) is 17.5. The molecule has 6 aromatic rings. The number of ether oxygens (including phenoxy) is 2. The maximum absolute atomic E-state index is 14.8. The molecule has 0 bridgehead atoms. The van der Waals surface area contributed by atoms with Gasteiger partial charge in [0.25, 0.3) is 0 Å². The number of ketones is 4. The Morgan fingerprint density at radius 1 is 0.516 bits per heavy atom. The molecule has 4 aliphatic carbocycles. The molecule has 2 aromatic heterocycles. The van der Waals surface area contributed by atoms with Crippen LogP contribution in [0.2, 0.25) is 0 Å². The Morgan fingerprint density at radius 3 is 1.30 bits per heavy atom. The molecule has 314 valence electrons. The van der Waals surface area contributed by atoms with Gasteiger partial charge in [-0.2, -0.15) is 0 Å². The lowest BCUT2D eigenvalue weighted by Gasteiger charge is -2.32. The Morgan fingerprint density at radius 2 is 0.906 bits per heavy atom. The SMILES string of the molecule is O=C(OCc1ccccc1)C1=CC2c3sc(/C=C4\C(=O)C(=O)c5c(F)cc(F)cc54)cc3C(C(=O)OCc3ccccc3)=CC2c2sc(/C=C3\C(=O)C(=O)c4c(F)cc(F)cc43)cc21. The topological polar surface area (TPSA) is 121 Å². The van der Waals surface area contributed by atoms with E-state index in [2.05, 4.69) is 0 Å². The molecular weight excluding hydrogens is 869 g/mol. The van der Waals surface area contributed by atoms with Crippen molar-refractivity contribution in [1.82, 2.24) is 0 Å². The van der Waals surface area contributed by atoms with E-state index in [1.807, 2.05) is 12.1 Å². The van der Waals surface area contributed by atoms with Crippen molar-refractivity contribution in [3.63, 3.8) is 0 Å². The second-order valence-electron chi connectivity index (χ2n) is 15.2. The van der Waals surface area contributed by atoms with E-state index >= 15 is 0 Å². The summed E-state index contributed by atoms with van der Waals surface area (Å²) >= 11 is 2.25. The summed E-state index contributed by atoms with van der Waals surface area (Å²) in [5, 5.41) is 0. The van der Waals surface area contributed by atoms with Crippen LogP contribution in [-0.2, 0) is 41.9 Å². The number of fused-ring (bicyclic) bond motifs is 7. The van der Waals surface area contributed by atoms with Crippen molar-refractivity contribution in [3.05, 3.63) is 196 Å². The molecule has 0 amide bonds. The number of benzene rings is 4. The van der Waals surface area contributed by atoms with Gasteiger partial charge in [0.1, 0.15) is 36.5 Å². The molecule has 0 radical (unpaired) electrons. The highest BCUT2D eigenvalue weighted by Gasteiger charge is 2.43. The maximum atomic E-state index is 14.8. The molecule has 2 heterocycles. The number of rotatable bonds is 8. The van der Waals surface area contributed by atoms with Gasteiger partial charge < -0.3 is 9.47 Å². The highest BCUT2D eigenvalue weighted by molar-refractivity contribution is 7.14. The van der Waals surface area contributed by atoms with Crippen molar-refractivity contribution < 1.29 is 55.8 Å². The van der Waals surface area contributed by atoms with E-state index in [0.29, 0.717) is 53.9 Å². The largest absolute Gasteiger partial charge is 0.457 e. The molecule has 0 fully saturated rings. The number of Topliss-reactive ketones (excluding diaryl/α,β-unsaturated/α-hetero) is 4. The van der Waals surface area contributed by atoms with Gasteiger partial charge in [-0.1, -0.05) is 72.8 Å². The van der Waals surface area contributed by atoms with Crippen LogP contribution in [0.3, 0.4) is 0 Å². The van der Waals surface area contributed by atoms with Crippen LogP contribution in [0.1, 0.15) is 85.4 Å². The van der Waals surface area contributed by atoms with Crippen LogP contribution in [0, 0.1) is 23.3 Å². The molecule has 2 atom stereocenters. The fraction of sp³-hybridized carbons (Fsp3) is 0.0800. The van der Waals surface area contributed by atoms with Crippen molar-refractivity contribution in [2.45, 2.75) is 25.0 Å². The fourth-order valence-corrected chi connectivity index (χ4v) is 10.9. The lowest BCUT2D eigenvalue weighted by Crippen LogP contribution is -2.22. The Hall–Kier alpha value is -7.42. The van der Waals surface area contributed by atoms with Crippen LogP contribution < -0.4 is 0 Å². The summed E-state index contributed by atoms with van der Waals surface area (Å²) in [6.45, 7) is -0.165. The quantitative estimate of drug-likeness (QED) is 0.0641. The predicted octanol–water partition coefficient (Wildman–Crippen LogP) is 10.1. The van der Waals surface area contributed by atoms with E-state index in [1.54, 1.807) is 72.8 Å². The zero-order chi connectivity index (χ0) is 44.6. The third-order valence-corrected chi connectivity index (χ3v) is 13.7. The van der Waals surface area contributed by atoms with Gasteiger partial charge in [-0.3, -0.25) is 19.2 Å². The molecule has 4 aromatic carbocycles. The van der Waals surface area contributed by atoms with Gasteiger partial charge in [0, 0.05) is 76.9 Å². The second kappa shape index (κ2) is 15.7. The molecule has 0 spiro atoms. The fourth-order valence-electron chi connectivity index (χ4n) is 8.41. The summed E-state index contributed by atoms with van der Waals surface area (Å²) in [6, 6.07) is 24.0. The van der Waals surface area contributed by atoms with Crippen molar-refractivity contribution in [3.8, 4) is 0 Å². The van der Waals surface area contributed by atoms with Crippen LogP contribution in [0.25, 0.3) is 34.4 Å². The smallest absolute Gasteiger partial charge is 0.338 e. The van der Waals surface area contributed by atoms with E-state index in [0.717, 1.165) is 34.8 Å². The third-order valence-electron chi connectivity index (χ3n) is 11.3. The minimum absolute atomic E-state index is 0.0826. The molecule has 0 saturated heterocycles. The number of thiophene rings is 2. The van der Waals surface area contributed by atoms with Gasteiger partial charge in [-0.25, -0.2) is 27.2 Å². The Labute approximate surface area is 368 Å². The van der Waals surface area contributed by atoms with Crippen molar-refractivity contribution in [1.29, 1.82) is 0 Å². The first-order valence-corrected chi connectivity index (χ1v) is 21.2. The molecule has 0 saturated carbocycles. The van der Waals surface area contributed by atoms with Gasteiger partial charge in [0.15, 0.2) is 0 Å². The summed E-state index contributed by atoms with van der Waals surface area (Å²) in [4.78, 5) is 82.4. The zero-order valence-corrected chi connectivity index (χ0v) is 34.3. The molecule has 4 aliphatic rings. The number of carbonyl (C=O) groups excluding carboxylic acids is 6. The van der Waals surface area contributed by atoms with Gasteiger partial charge in [0.05, 0.1) is 22.3 Å². The predicted molar refractivity (Wildman–Crippen MR) is 230 cm³/mol. The number of halogens is 4. The first-order chi connectivity index (χ1) is 30.8. The molecule has 2 unspecified atom stereocenters. The monoisotopic (exact) mass is 894 g/mol. The van der Waals surface area contributed by atoms with Gasteiger partial charge in [0.2, 0.25) is 23.1 Å². The summed E-state index contributed by atoms with van der Waals surface area (Å²) < 4.78 is 70.2. The summed E-state index contributed by atoms with van der Waals surface area (Å²) in [7, 11) is 0. The lowest BCUT2D eigenvalue weighted by molar-refractivity contribution is -0.138.